The Kier molecular flexibility index (Phi) is 4.78. The highest BCUT2D eigenvalue weighted by atomic mass is 16.6. The van der Waals surface area contributed by atoms with Gasteiger partial charge in [-0.25, -0.2) is 4.98 Å². The van der Waals surface area contributed by atoms with Gasteiger partial charge < -0.3 is 10.4 Å². The van der Waals surface area contributed by atoms with Crippen molar-refractivity contribution in [3.05, 3.63) is 27.9 Å². The lowest BCUT2D eigenvalue weighted by molar-refractivity contribution is -0.384. The number of rotatable bonds is 6. The van der Waals surface area contributed by atoms with Gasteiger partial charge in [-0.2, -0.15) is 5.26 Å². The number of nitrogens with zero attached hydrogens (tertiary/aromatic N) is 3. The molecule has 1 heterocycles. The van der Waals surface area contributed by atoms with Gasteiger partial charge in [0.2, 0.25) is 5.82 Å². The first-order valence-electron chi connectivity index (χ1n) is 5.79. The lowest BCUT2D eigenvalue weighted by atomic mass is 9.90. The van der Waals surface area contributed by atoms with E-state index in [0.717, 1.165) is 0 Å². The smallest absolute Gasteiger partial charge is 0.328 e. The van der Waals surface area contributed by atoms with Crippen molar-refractivity contribution in [1.82, 2.24) is 4.98 Å². The Labute approximate surface area is 111 Å². The van der Waals surface area contributed by atoms with Crippen LogP contribution in [0, 0.1) is 26.9 Å². The van der Waals surface area contributed by atoms with Crippen LogP contribution in [0.15, 0.2) is 12.3 Å². The average molecular weight is 264 g/mol. The molecule has 1 aromatic rings. The minimum absolute atomic E-state index is 0.0255. The van der Waals surface area contributed by atoms with Gasteiger partial charge in [-0.1, -0.05) is 13.8 Å². The van der Waals surface area contributed by atoms with E-state index in [9.17, 15) is 10.1 Å². The zero-order chi connectivity index (χ0) is 14.5. The lowest BCUT2D eigenvalue weighted by Crippen LogP contribution is -2.25. The average Bonchev–Trinajstić information content (AvgIpc) is 2.35. The van der Waals surface area contributed by atoms with Gasteiger partial charge in [0.15, 0.2) is 0 Å². The molecule has 102 valence electrons. The summed E-state index contributed by atoms with van der Waals surface area (Å²) in [7, 11) is 0. The molecule has 0 aliphatic rings. The van der Waals surface area contributed by atoms with Crippen molar-refractivity contribution in [2.75, 3.05) is 18.5 Å². The Morgan fingerprint density at radius 3 is 2.84 bits per heavy atom. The highest BCUT2D eigenvalue weighted by molar-refractivity contribution is 5.64. The van der Waals surface area contributed by atoms with Crippen LogP contribution >= 0.6 is 0 Å². The van der Waals surface area contributed by atoms with Crippen molar-refractivity contribution >= 4 is 11.5 Å². The summed E-state index contributed by atoms with van der Waals surface area (Å²) in [5.74, 6) is 0.0788. The molecule has 1 aromatic heterocycles. The number of pyridine rings is 1. The fraction of sp³-hybridized carbons (Fsp3) is 0.500. The summed E-state index contributed by atoms with van der Waals surface area (Å²) in [6.07, 6.45) is 1.92. The molecule has 0 unspecified atom stereocenters. The molecule has 0 aliphatic carbocycles. The van der Waals surface area contributed by atoms with Crippen LogP contribution in [-0.4, -0.2) is 28.2 Å². The Morgan fingerprint density at radius 1 is 1.63 bits per heavy atom. The van der Waals surface area contributed by atoms with Crippen LogP contribution in [0.5, 0.6) is 0 Å². The van der Waals surface area contributed by atoms with Crippen molar-refractivity contribution in [2.24, 2.45) is 5.41 Å². The van der Waals surface area contributed by atoms with Gasteiger partial charge in [-0.3, -0.25) is 10.1 Å². The summed E-state index contributed by atoms with van der Waals surface area (Å²) in [6, 6.07) is 3.09. The van der Waals surface area contributed by atoms with E-state index in [1.165, 1.54) is 12.3 Å². The number of anilines is 1. The first-order chi connectivity index (χ1) is 8.91. The fourth-order valence-electron chi connectivity index (χ4n) is 1.57. The van der Waals surface area contributed by atoms with Crippen LogP contribution in [0.25, 0.3) is 0 Å². The maximum absolute atomic E-state index is 11.0. The van der Waals surface area contributed by atoms with Crippen LogP contribution in [0.1, 0.15) is 25.8 Å². The second-order valence-corrected chi connectivity index (χ2v) is 4.92. The number of aromatic nitrogens is 1. The molecule has 0 saturated carbocycles. The molecule has 0 amide bonds. The van der Waals surface area contributed by atoms with Gasteiger partial charge in [0.1, 0.15) is 11.6 Å². The van der Waals surface area contributed by atoms with E-state index >= 15 is 0 Å². The summed E-state index contributed by atoms with van der Waals surface area (Å²) in [6.45, 7) is 4.31. The first kappa shape index (κ1) is 14.9. The third kappa shape index (κ3) is 3.89. The Balaban J connectivity index is 2.96. The van der Waals surface area contributed by atoms with Gasteiger partial charge in [0, 0.05) is 19.3 Å². The number of nitrogens with one attached hydrogen (secondary N) is 1. The summed E-state index contributed by atoms with van der Waals surface area (Å²) in [4.78, 5) is 14.3. The van der Waals surface area contributed by atoms with E-state index in [4.69, 9.17) is 10.4 Å². The third-order valence-electron chi connectivity index (χ3n) is 2.75. The standard InChI is InChI=1S/C12H16N4O3/c1-12(2,4-6-17)8-15-11-10(16(18)19)9(7-13)3-5-14-11/h3,5,17H,4,6,8H2,1-2H3,(H,14,15). The van der Waals surface area contributed by atoms with E-state index in [0.29, 0.717) is 13.0 Å². The molecule has 0 radical (unpaired) electrons. The van der Waals surface area contributed by atoms with E-state index in [1.807, 2.05) is 13.8 Å². The van der Waals surface area contributed by atoms with Crippen LogP contribution < -0.4 is 5.32 Å². The van der Waals surface area contributed by atoms with Crippen molar-refractivity contribution in [3.63, 3.8) is 0 Å². The van der Waals surface area contributed by atoms with Gasteiger partial charge in [-0.15, -0.1) is 0 Å². The number of nitriles is 1. The number of aliphatic hydroxyl groups is 1. The molecule has 1 rings (SSSR count). The Bertz CT molecular complexity index is 508. The molecule has 0 spiro atoms. The Morgan fingerprint density at radius 2 is 2.32 bits per heavy atom. The topological polar surface area (TPSA) is 112 Å². The van der Waals surface area contributed by atoms with Crippen molar-refractivity contribution in [2.45, 2.75) is 20.3 Å². The van der Waals surface area contributed by atoms with Gasteiger partial charge in [0.05, 0.1) is 4.92 Å². The van der Waals surface area contributed by atoms with E-state index in [-0.39, 0.29) is 29.1 Å². The van der Waals surface area contributed by atoms with Crippen LogP contribution in [0.2, 0.25) is 0 Å². The summed E-state index contributed by atoms with van der Waals surface area (Å²) in [5.41, 5.74) is -0.570. The lowest BCUT2D eigenvalue weighted by Gasteiger charge is -2.24. The third-order valence-corrected chi connectivity index (χ3v) is 2.75. The number of hydrogen-bond donors (Lipinski definition) is 2. The minimum Gasteiger partial charge on any atom is -0.396 e. The Hall–Kier alpha value is -2.20. The predicted octanol–water partition coefficient (Wildman–Crippen LogP) is 1.68. The molecule has 0 aromatic carbocycles. The van der Waals surface area contributed by atoms with Crippen molar-refractivity contribution in [1.29, 1.82) is 5.26 Å². The first-order valence-corrected chi connectivity index (χ1v) is 5.79. The zero-order valence-electron chi connectivity index (χ0n) is 10.9. The van der Waals surface area contributed by atoms with Crippen molar-refractivity contribution in [3.8, 4) is 6.07 Å². The maximum Gasteiger partial charge on any atom is 0.328 e. The summed E-state index contributed by atoms with van der Waals surface area (Å²) in [5, 5.41) is 31.7. The number of nitro groups is 1. The molecule has 7 heteroatoms. The number of hydrogen-bond acceptors (Lipinski definition) is 6. The van der Waals surface area contributed by atoms with Crippen molar-refractivity contribution < 1.29 is 10.0 Å². The molecule has 19 heavy (non-hydrogen) atoms. The quantitative estimate of drug-likeness (QED) is 0.597. The van der Waals surface area contributed by atoms with E-state index in [1.54, 1.807) is 6.07 Å². The number of aliphatic hydroxyl groups excluding tert-OH is 1. The molecule has 0 bridgehead atoms. The molecule has 0 fully saturated rings. The normalized spacial score (nSPS) is 10.8. The second kappa shape index (κ2) is 6.11. The molecule has 2 N–H and O–H groups in total. The molecule has 0 atom stereocenters. The zero-order valence-corrected chi connectivity index (χ0v) is 10.9. The maximum atomic E-state index is 11.0. The van der Waals surface area contributed by atoms with Crippen LogP contribution in [-0.2, 0) is 0 Å². The molecule has 0 saturated heterocycles. The van der Waals surface area contributed by atoms with Gasteiger partial charge in [0.25, 0.3) is 0 Å². The minimum atomic E-state index is -0.618. The summed E-state index contributed by atoms with van der Waals surface area (Å²) < 4.78 is 0. The predicted molar refractivity (Wildman–Crippen MR) is 69.6 cm³/mol. The van der Waals surface area contributed by atoms with Crippen LogP contribution in [0.3, 0.4) is 0 Å². The van der Waals surface area contributed by atoms with E-state index < -0.39 is 4.92 Å². The second-order valence-electron chi connectivity index (χ2n) is 4.92. The van der Waals surface area contributed by atoms with E-state index in [2.05, 4.69) is 10.3 Å². The SMILES string of the molecule is CC(C)(CCO)CNc1nccc(C#N)c1[N+](=O)[O-]. The fourth-order valence-corrected chi connectivity index (χ4v) is 1.57. The summed E-state index contributed by atoms with van der Waals surface area (Å²) >= 11 is 0. The highest BCUT2D eigenvalue weighted by Gasteiger charge is 2.23. The molecular weight excluding hydrogens is 248 g/mol. The van der Waals surface area contributed by atoms with Gasteiger partial charge in [-0.05, 0) is 17.9 Å². The molecular formula is C12H16N4O3. The highest BCUT2D eigenvalue weighted by Crippen LogP contribution is 2.27. The largest absolute Gasteiger partial charge is 0.396 e. The van der Waals surface area contributed by atoms with Crippen LogP contribution in [0.4, 0.5) is 11.5 Å². The van der Waals surface area contributed by atoms with Gasteiger partial charge >= 0.3 is 5.69 Å². The molecule has 7 nitrogen and oxygen atoms in total. The monoisotopic (exact) mass is 264 g/mol. The molecule has 0 aliphatic heterocycles.